The van der Waals surface area contributed by atoms with Crippen molar-refractivity contribution in [1.29, 1.82) is 5.41 Å². The molecule has 3 aromatic rings. The van der Waals surface area contributed by atoms with Gasteiger partial charge in [-0.05, 0) is 56.7 Å². The number of benzene rings is 2. The first-order valence-corrected chi connectivity index (χ1v) is 9.05. The van der Waals surface area contributed by atoms with E-state index in [0.29, 0.717) is 17.2 Å². The van der Waals surface area contributed by atoms with E-state index in [-0.39, 0.29) is 0 Å². The molecule has 6 heteroatoms. The van der Waals surface area contributed by atoms with Crippen molar-refractivity contribution in [3.8, 4) is 5.75 Å². The number of ether oxygens (including phenoxy) is 1. The smallest absolute Gasteiger partial charge is 0.223 e. The van der Waals surface area contributed by atoms with Crippen LogP contribution in [-0.4, -0.2) is 17.0 Å². The number of aromatic nitrogens is 1. The number of methoxy groups -OCH3 is 1. The molecule has 0 radical (unpaired) electrons. The maximum Gasteiger partial charge on any atom is 0.223 e. The van der Waals surface area contributed by atoms with Crippen LogP contribution in [0.25, 0.3) is 0 Å². The van der Waals surface area contributed by atoms with Gasteiger partial charge < -0.3 is 10.1 Å². The van der Waals surface area contributed by atoms with Gasteiger partial charge in [0.15, 0.2) is 0 Å². The second kappa shape index (κ2) is 7.58. The minimum Gasteiger partial charge on any atom is -0.494 e. The van der Waals surface area contributed by atoms with Gasteiger partial charge in [0, 0.05) is 10.6 Å². The maximum atomic E-state index is 8.25. The van der Waals surface area contributed by atoms with E-state index in [2.05, 4.69) is 12.2 Å². The lowest BCUT2D eigenvalue weighted by molar-refractivity contribution is 0.416. The molecular formula is C20H22N4OS. The van der Waals surface area contributed by atoms with Gasteiger partial charge in [-0.15, -0.1) is 0 Å². The SMILES string of the molecule is COc1ccc(C)cc1N=C(Nc1ccc(C)cc1)n1sc(C)cc1=N. The largest absolute Gasteiger partial charge is 0.494 e. The normalized spacial score (nSPS) is 11.5. The van der Waals surface area contributed by atoms with Gasteiger partial charge in [0.1, 0.15) is 16.9 Å². The van der Waals surface area contributed by atoms with Gasteiger partial charge in [0.25, 0.3) is 0 Å². The Labute approximate surface area is 157 Å². The van der Waals surface area contributed by atoms with Crippen LogP contribution >= 0.6 is 11.5 Å². The summed E-state index contributed by atoms with van der Waals surface area (Å²) in [5.74, 6) is 1.26. The number of hydrogen-bond donors (Lipinski definition) is 2. The summed E-state index contributed by atoms with van der Waals surface area (Å²) in [6.07, 6.45) is 0. The fourth-order valence-electron chi connectivity index (χ4n) is 2.52. The van der Waals surface area contributed by atoms with Crippen molar-refractivity contribution in [3.63, 3.8) is 0 Å². The highest BCUT2D eigenvalue weighted by molar-refractivity contribution is 7.07. The van der Waals surface area contributed by atoms with E-state index >= 15 is 0 Å². The van der Waals surface area contributed by atoms with Crippen molar-refractivity contribution in [2.45, 2.75) is 20.8 Å². The van der Waals surface area contributed by atoms with E-state index in [4.69, 9.17) is 15.1 Å². The van der Waals surface area contributed by atoms with Gasteiger partial charge in [0.05, 0.1) is 7.11 Å². The fourth-order valence-corrected chi connectivity index (χ4v) is 3.30. The quantitative estimate of drug-likeness (QED) is 0.525. The highest BCUT2D eigenvalue weighted by Gasteiger charge is 2.10. The predicted octanol–water partition coefficient (Wildman–Crippen LogP) is 4.61. The second-order valence-electron chi connectivity index (χ2n) is 6.13. The zero-order valence-corrected chi connectivity index (χ0v) is 16.1. The van der Waals surface area contributed by atoms with E-state index in [1.807, 2.05) is 62.4 Å². The number of anilines is 1. The molecule has 0 saturated carbocycles. The lowest BCUT2D eigenvalue weighted by Crippen LogP contribution is -2.28. The molecular weight excluding hydrogens is 344 g/mol. The molecule has 2 N–H and O–H groups in total. The Balaban J connectivity index is 2.11. The molecule has 26 heavy (non-hydrogen) atoms. The number of hydrogen-bond acceptors (Lipinski definition) is 4. The monoisotopic (exact) mass is 366 g/mol. The molecule has 0 unspecified atom stereocenters. The Kier molecular flexibility index (Phi) is 5.23. The van der Waals surface area contributed by atoms with Crippen molar-refractivity contribution in [2.75, 3.05) is 12.4 Å². The van der Waals surface area contributed by atoms with E-state index in [9.17, 15) is 0 Å². The average molecular weight is 366 g/mol. The topological polar surface area (TPSA) is 62.4 Å². The number of nitrogens with zero attached hydrogens (tertiary/aromatic N) is 2. The van der Waals surface area contributed by atoms with Crippen LogP contribution < -0.4 is 15.5 Å². The summed E-state index contributed by atoms with van der Waals surface area (Å²) in [4.78, 5) is 5.83. The summed E-state index contributed by atoms with van der Waals surface area (Å²) < 4.78 is 7.23. The van der Waals surface area contributed by atoms with Crippen LogP contribution in [0.5, 0.6) is 5.75 Å². The first kappa shape index (κ1) is 17.9. The first-order valence-electron chi connectivity index (χ1n) is 8.28. The Bertz CT molecular complexity index is 999. The molecule has 0 aliphatic rings. The molecule has 0 aliphatic heterocycles. The molecule has 1 heterocycles. The average Bonchev–Trinajstić information content (AvgIpc) is 2.95. The minimum absolute atomic E-state index is 0.387. The van der Waals surface area contributed by atoms with Crippen LogP contribution in [0.4, 0.5) is 11.4 Å². The summed E-state index contributed by atoms with van der Waals surface area (Å²) in [6, 6.07) is 15.8. The zero-order chi connectivity index (χ0) is 18.7. The van der Waals surface area contributed by atoms with Crippen LogP contribution in [0, 0.1) is 26.2 Å². The lowest BCUT2D eigenvalue weighted by Gasteiger charge is -2.12. The summed E-state index contributed by atoms with van der Waals surface area (Å²) in [7, 11) is 1.63. The lowest BCUT2D eigenvalue weighted by atomic mass is 10.2. The Hall–Kier alpha value is -2.86. The predicted molar refractivity (Wildman–Crippen MR) is 108 cm³/mol. The van der Waals surface area contributed by atoms with Crippen molar-refractivity contribution in [2.24, 2.45) is 4.99 Å². The van der Waals surface area contributed by atoms with Crippen LogP contribution in [0.15, 0.2) is 53.5 Å². The van der Waals surface area contributed by atoms with Gasteiger partial charge in [-0.2, -0.15) is 0 Å². The molecule has 0 bridgehead atoms. The summed E-state index contributed by atoms with van der Waals surface area (Å²) >= 11 is 1.48. The molecule has 134 valence electrons. The summed E-state index contributed by atoms with van der Waals surface area (Å²) in [5.41, 5.74) is 4.31. The number of rotatable bonds is 3. The molecule has 2 aromatic carbocycles. The number of aliphatic imine (C=N–C) groups is 1. The Morgan fingerprint density at radius 2 is 1.73 bits per heavy atom. The maximum absolute atomic E-state index is 8.25. The third-order valence-electron chi connectivity index (χ3n) is 3.85. The molecule has 0 atom stereocenters. The van der Waals surface area contributed by atoms with E-state index in [1.54, 1.807) is 11.1 Å². The Morgan fingerprint density at radius 3 is 2.35 bits per heavy atom. The Morgan fingerprint density at radius 1 is 1.04 bits per heavy atom. The highest BCUT2D eigenvalue weighted by atomic mass is 32.1. The van der Waals surface area contributed by atoms with Crippen molar-refractivity contribution in [3.05, 3.63) is 70.0 Å². The first-order chi connectivity index (χ1) is 12.5. The van der Waals surface area contributed by atoms with Crippen molar-refractivity contribution < 1.29 is 4.74 Å². The molecule has 3 rings (SSSR count). The standard InChI is InChI=1S/C20H22N4OS/c1-13-5-8-16(9-6-13)22-20(24-19(21)12-15(3)26-24)23-17-11-14(2)7-10-18(17)25-4/h5-12,21H,1-4H3,(H,22,23). The van der Waals surface area contributed by atoms with Gasteiger partial charge in [0.2, 0.25) is 5.96 Å². The summed E-state index contributed by atoms with van der Waals surface area (Å²) in [5, 5.41) is 11.6. The molecule has 1 aromatic heterocycles. The van der Waals surface area contributed by atoms with Crippen LogP contribution in [0.2, 0.25) is 0 Å². The molecule has 0 aliphatic carbocycles. The van der Waals surface area contributed by atoms with Crippen LogP contribution in [0.3, 0.4) is 0 Å². The second-order valence-corrected chi connectivity index (χ2v) is 7.32. The molecule has 5 nitrogen and oxygen atoms in total. The number of aryl methyl sites for hydroxylation is 3. The van der Waals surface area contributed by atoms with Crippen LogP contribution in [-0.2, 0) is 0 Å². The van der Waals surface area contributed by atoms with Crippen LogP contribution in [0.1, 0.15) is 16.0 Å². The van der Waals surface area contributed by atoms with E-state index in [0.717, 1.165) is 21.8 Å². The number of nitrogens with one attached hydrogen (secondary N) is 2. The zero-order valence-electron chi connectivity index (χ0n) is 15.3. The van der Waals surface area contributed by atoms with Gasteiger partial charge in [-0.1, -0.05) is 35.3 Å². The molecule has 0 amide bonds. The van der Waals surface area contributed by atoms with Crippen molar-refractivity contribution in [1.82, 2.24) is 3.96 Å². The minimum atomic E-state index is 0.387. The van der Waals surface area contributed by atoms with Gasteiger partial charge in [-0.25, -0.2) is 8.95 Å². The third-order valence-corrected chi connectivity index (χ3v) is 4.81. The van der Waals surface area contributed by atoms with Crippen molar-refractivity contribution >= 4 is 28.9 Å². The highest BCUT2D eigenvalue weighted by Crippen LogP contribution is 2.28. The third kappa shape index (κ3) is 4.03. The molecule has 0 saturated heterocycles. The van der Waals surface area contributed by atoms with E-state index in [1.165, 1.54) is 17.1 Å². The molecule has 0 fully saturated rings. The summed E-state index contributed by atoms with van der Waals surface area (Å²) in [6.45, 7) is 6.05. The van der Waals surface area contributed by atoms with E-state index < -0.39 is 0 Å². The van der Waals surface area contributed by atoms with Gasteiger partial charge in [-0.3, -0.25) is 5.41 Å². The molecule has 0 spiro atoms. The fraction of sp³-hybridized carbons (Fsp3) is 0.200. The van der Waals surface area contributed by atoms with Gasteiger partial charge >= 0.3 is 0 Å².